The van der Waals surface area contributed by atoms with Crippen LogP contribution in [0.5, 0.6) is 0 Å². The Morgan fingerprint density at radius 3 is 2.88 bits per heavy atom. The van der Waals surface area contributed by atoms with Gasteiger partial charge < -0.3 is 10.2 Å². The molecule has 0 unspecified atom stereocenters. The predicted molar refractivity (Wildman–Crippen MR) is 97.3 cm³/mol. The predicted octanol–water partition coefficient (Wildman–Crippen LogP) is 3.07. The first-order valence-corrected chi connectivity index (χ1v) is 9.72. The van der Waals surface area contributed by atoms with Crippen LogP contribution < -0.4 is 5.32 Å². The molecule has 1 N–H and O–H groups in total. The van der Waals surface area contributed by atoms with Gasteiger partial charge in [0.1, 0.15) is 5.01 Å². The van der Waals surface area contributed by atoms with Gasteiger partial charge in [0, 0.05) is 19.1 Å². The molecule has 1 aromatic heterocycles. The number of amides is 2. The molecular weight excluding hydrogens is 320 g/mol. The molecule has 128 valence electrons. The van der Waals surface area contributed by atoms with Crippen LogP contribution in [0.1, 0.15) is 30.7 Å². The van der Waals surface area contributed by atoms with E-state index in [2.05, 4.69) is 21.3 Å². The van der Waals surface area contributed by atoms with Crippen molar-refractivity contribution in [2.45, 2.75) is 38.3 Å². The summed E-state index contributed by atoms with van der Waals surface area (Å²) in [5, 5.41) is 4.03. The first-order valence-electron chi connectivity index (χ1n) is 8.91. The van der Waals surface area contributed by atoms with E-state index in [-0.39, 0.29) is 6.03 Å². The Bertz CT molecular complexity index is 677. The number of piperidine rings is 1. The molecule has 6 heteroatoms. The number of fused-ring (bicyclic) bond motifs is 1. The summed E-state index contributed by atoms with van der Waals surface area (Å²) < 4.78 is 1.17. The molecule has 2 amide bonds. The Kier molecular flexibility index (Phi) is 4.67. The van der Waals surface area contributed by atoms with Crippen LogP contribution in [-0.4, -0.2) is 53.0 Å². The molecule has 3 heterocycles. The van der Waals surface area contributed by atoms with Gasteiger partial charge in [-0.15, -0.1) is 11.3 Å². The molecular formula is C18H24N4OS. The Labute approximate surface area is 146 Å². The SMILES string of the molecule is O=C(NCc1nc2ccccc2s1)N1CCC[C@H](N2CCCC2)C1. The molecule has 0 bridgehead atoms. The lowest BCUT2D eigenvalue weighted by atomic mass is 10.0. The molecule has 0 radical (unpaired) electrons. The number of urea groups is 1. The average molecular weight is 344 g/mol. The highest BCUT2D eigenvalue weighted by Gasteiger charge is 2.29. The van der Waals surface area contributed by atoms with E-state index in [1.807, 2.05) is 23.1 Å². The third-order valence-electron chi connectivity index (χ3n) is 5.07. The van der Waals surface area contributed by atoms with Crippen molar-refractivity contribution in [3.05, 3.63) is 29.3 Å². The van der Waals surface area contributed by atoms with Crippen molar-refractivity contribution < 1.29 is 4.79 Å². The second-order valence-electron chi connectivity index (χ2n) is 6.72. The maximum Gasteiger partial charge on any atom is 0.317 e. The molecule has 2 saturated heterocycles. The standard InChI is InChI=1S/C18H24N4OS/c23-18(19-12-17-20-15-7-1-2-8-16(15)24-17)22-11-5-6-14(13-22)21-9-3-4-10-21/h1-2,7-8,14H,3-6,9-13H2,(H,19,23)/t14-/m0/s1. The van der Waals surface area contributed by atoms with E-state index in [4.69, 9.17) is 0 Å². The highest BCUT2D eigenvalue weighted by molar-refractivity contribution is 7.18. The molecule has 2 aliphatic rings. The van der Waals surface area contributed by atoms with E-state index in [1.54, 1.807) is 11.3 Å². The Balaban J connectivity index is 1.33. The molecule has 5 nitrogen and oxygen atoms in total. The second kappa shape index (κ2) is 7.07. The molecule has 2 fully saturated rings. The Morgan fingerprint density at radius 1 is 1.21 bits per heavy atom. The topological polar surface area (TPSA) is 48.5 Å². The maximum absolute atomic E-state index is 12.5. The number of thiazole rings is 1. The summed E-state index contributed by atoms with van der Waals surface area (Å²) in [5.74, 6) is 0. The lowest BCUT2D eigenvalue weighted by molar-refractivity contribution is 0.125. The smallest absolute Gasteiger partial charge is 0.317 e. The van der Waals surface area contributed by atoms with E-state index >= 15 is 0 Å². The molecule has 24 heavy (non-hydrogen) atoms. The van der Waals surface area contributed by atoms with E-state index in [0.29, 0.717) is 12.6 Å². The zero-order valence-corrected chi connectivity index (χ0v) is 14.7. The number of hydrogen-bond donors (Lipinski definition) is 1. The van der Waals surface area contributed by atoms with Gasteiger partial charge in [0.2, 0.25) is 0 Å². The molecule has 0 saturated carbocycles. The van der Waals surface area contributed by atoms with Crippen LogP contribution in [-0.2, 0) is 6.54 Å². The summed E-state index contributed by atoms with van der Waals surface area (Å²) in [5.41, 5.74) is 1.01. The minimum absolute atomic E-state index is 0.0538. The summed E-state index contributed by atoms with van der Waals surface area (Å²) in [7, 11) is 0. The van der Waals surface area contributed by atoms with Crippen LogP contribution in [0.3, 0.4) is 0 Å². The summed E-state index contributed by atoms with van der Waals surface area (Å²) in [4.78, 5) is 21.7. The first kappa shape index (κ1) is 15.8. The normalized spacial score (nSPS) is 22.2. The van der Waals surface area contributed by atoms with E-state index in [1.165, 1.54) is 37.1 Å². The molecule has 0 aliphatic carbocycles. The zero-order chi connectivity index (χ0) is 16.4. The molecule has 1 atom stereocenters. The summed E-state index contributed by atoms with van der Waals surface area (Å²) >= 11 is 1.65. The fraction of sp³-hybridized carbons (Fsp3) is 0.556. The van der Waals surface area contributed by atoms with Crippen LogP contribution in [0.2, 0.25) is 0 Å². The van der Waals surface area contributed by atoms with Crippen molar-refractivity contribution in [3.8, 4) is 0 Å². The number of carbonyl (C=O) groups excluding carboxylic acids is 1. The van der Waals surface area contributed by atoms with Gasteiger partial charge in [-0.1, -0.05) is 12.1 Å². The number of carbonyl (C=O) groups is 1. The van der Waals surface area contributed by atoms with Gasteiger partial charge in [-0.2, -0.15) is 0 Å². The lowest BCUT2D eigenvalue weighted by Gasteiger charge is -2.37. The van der Waals surface area contributed by atoms with Crippen molar-refractivity contribution in [2.75, 3.05) is 26.2 Å². The number of nitrogens with one attached hydrogen (secondary N) is 1. The number of benzene rings is 1. The number of nitrogens with zero attached hydrogens (tertiary/aromatic N) is 3. The highest BCUT2D eigenvalue weighted by Crippen LogP contribution is 2.22. The van der Waals surface area contributed by atoms with Gasteiger partial charge in [-0.3, -0.25) is 4.90 Å². The van der Waals surface area contributed by atoms with Gasteiger partial charge in [0.15, 0.2) is 0 Å². The van der Waals surface area contributed by atoms with Crippen molar-refractivity contribution >= 4 is 27.6 Å². The highest BCUT2D eigenvalue weighted by atomic mass is 32.1. The number of aromatic nitrogens is 1. The molecule has 1 aromatic carbocycles. The molecule has 4 rings (SSSR count). The van der Waals surface area contributed by atoms with Gasteiger partial charge in [0.25, 0.3) is 0 Å². The molecule has 0 spiro atoms. The van der Waals surface area contributed by atoms with Crippen LogP contribution in [0.25, 0.3) is 10.2 Å². The Morgan fingerprint density at radius 2 is 2.04 bits per heavy atom. The van der Waals surface area contributed by atoms with Crippen molar-refractivity contribution in [1.82, 2.24) is 20.1 Å². The van der Waals surface area contributed by atoms with E-state index < -0.39 is 0 Å². The zero-order valence-electron chi connectivity index (χ0n) is 13.9. The van der Waals surface area contributed by atoms with Crippen molar-refractivity contribution in [1.29, 1.82) is 0 Å². The van der Waals surface area contributed by atoms with Crippen LogP contribution in [0.4, 0.5) is 4.79 Å². The summed E-state index contributed by atoms with van der Waals surface area (Å²) in [6.07, 6.45) is 4.94. The van der Waals surface area contributed by atoms with Crippen LogP contribution in [0.15, 0.2) is 24.3 Å². The maximum atomic E-state index is 12.5. The summed E-state index contributed by atoms with van der Waals surface area (Å²) in [6.45, 7) is 4.66. The van der Waals surface area contributed by atoms with Gasteiger partial charge in [0.05, 0.1) is 16.8 Å². The molecule has 2 aliphatic heterocycles. The van der Waals surface area contributed by atoms with E-state index in [9.17, 15) is 4.79 Å². The third-order valence-corrected chi connectivity index (χ3v) is 6.11. The van der Waals surface area contributed by atoms with Gasteiger partial charge in [-0.05, 0) is 50.9 Å². The van der Waals surface area contributed by atoms with Crippen LogP contribution in [0, 0.1) is 0 Å². The van der Waals surface area contributed by atoms with Gasteiger partial charge in [-0.25, -0.2) is 9.78 Å². The van der Waals surface area contributed by atoms with E-state index in [0.717, 1.165) is 30.0 Å². The monoisotopic (exact) mass is 344 g/mol. The second-order valence-corrected chi connectivity index (χ2v) is 7.83. The number of hydrogen-bond acceptors (Lipinski definition) is 4. The minimum Gasteiger partial charge on any atom is -0.331 e. The summed E-state index contributed by atoms with van der Waals surface area (Å²) in [6, 6.07) is 8.71. The largest absolute Gasteiger partial charge is 0.331 e. The van der Waals surface area contributed by atoms with Gasteiger partial charge >= 0.3 is 6.03 Å². The van der Waals surface area contributed by atoms with Crippen molar-refractivity contribution in [3.63, 3.8) is 0 Å². The quantitative estimate of drug-likeness (QED) is 0.931. The number of rotatable bonds is 3. The fourth-order valence-corrected chi connectivity index (χ4v) is 4.71. The van der Waals surface area contributed by atoms with Crippen molar-refractivity contribution in [2.24, 2.45) is 0 Å². The fourth-order valence-electron chi connectivity index (χ4n) is 3.80. The lowest BCUT2D eigenvalue weighted by Crippen LogP contribution is -2.51. The number of para-hydroxylation sites is 1. The number of likely N-dealkylation sites (tertiary alicyclic amines) is 2. The third kappa shape index (κ3) is 3.39. The average Bonchev–Trinajstić information content (AvgIpc) is 3.29. The molecule has 2 aromatic rings. The first-order chi connectivity index (χ1) is 11.8. The Hall–Kier alpha value is -1.66. The minimum atomic E-state index is 0.0538. The van der Waals surface area contributed by atoms with Crippen LogP contribution >= 0.6 is 11.3 Å².